The Bertz CT molecular complexity index is 907. The van der Waals surface area contributed by atoms with Crippen molar-refractivity contribution in [3.8, 4) is 5.88 Å². The van der Waals surface area contributed by atoms with Crippen LogP contribution < -0.4 is 10.5 Å². The number of halogens is 1. The van der Waals surface area contributed by atoms with E-state index in [9.17, 15) is 4.79 Å². The van der Waals surface area contributed by atoms with Crippen molar-refractivity contribution >= 4 is 38.6 Å². The van der Waals surface area contributed by atoms with Crippen LogP contribution in [0.4, 0.5) is 0 Å². The number of carbonyl (C=O) groups is 1. The number of thioether (sulfide) groups is 1. The molecule has 29 heavy (non-hydrogen) atoms. The van der Waals surface area contributed by atoms with Gasteiger partial charge in [-0.3, -0.25) is 9.79 Å². The molecule has 0 spiro atoms. The van der Waals surface area contributed by atoms with Gasteiger partial charge >= 0.3 is 0 Å². The highest BCUT2D eigenvalue weighted by Gasteiger charge is 2.31. The van der Waals surface area contributed by atoms with Crippen molar-refractivity contribution < 1.29 is 14.3 Å². The first-order valence-electron chi connectivity index (χ1n) is 9.15. The van der Waals surface area contributed by atoms with E-state index in [4.69, 9.17) is 15.2 Å². The van der Waals surface area contributed by atoms with E-state index in [1.54, 1.807) is 18.9 Å². The van der Waals surface area contributed by atoms with Gasteiger partial charge in [-0.25, -0.2) is 9.97 Å². The van der Waals surface area contributed by atoms with Gasteiger partial charge in [-0.2, -0.15) is 0 Å². The van der Waals surface area contributed by atoms with Crippen LogP contribution in [-0.4, -0.2) is 47.0 Å². The quantitative estimate of drug-likeness (QED) is 0.458. The van der Waals surface area contributed by atoms with Crippen molar-refractivity contribution in [3.63, 3.8) is 0 Å². The van der Waals surface area contributed by atoms with Crippen LogP contribution >= 0.6 is 27.7 Å². The number of hydrogen-bond acceptors (Lipinski definition) is 8. The smallest absolute Gasteiger partial charge is 0.232 e. The van der Waals surface area contributed by atoms with E-state index in [-0.39, 0.29) is 12.2 Å². The molecule has 2 aromatic rings. The van der Waals surface area contributed by atoms with E-state index in [1.807, 2.05) is 18.2 Å². The molecule has 1 aromatic carbocycles. The summed E-state index contributed by atoms with van der Waals surface area (Å²) < 4.78 is 11.3. The summed E-state index contributed by atoms with van der Waals surface area (Å²) in [5.41, 5.74) is 7.77. The van der Waals surface area contributed by atoms with Crippen LogP contribution in [0.15, 0.2) is 40.1 Å². The van der Waals surface area contributed by atoms with Crippen molar-refractivity contribution in [2.75, 3.05) is 26.1 Å². The van der Waals surface area contributed by atoms with Crippen LogP contribution in [0.5, 0.6) is 5.88 Å². The molecule has 3 rings (SSSR count). The predicted molar refractivity (Wildman–Crippen MR) is 118 cm³/mol. The van der Waals surface area contributed by atoms with Crippen LogP contribution in [0, 0.1) is 0 Å². The lowest BCUT2D eigenvalue weighted by atomic mass is 9.88. The Morgan fingerprint density at radius 3 is 2.83 bits per heavy atom. The number of nitrogens with zero attached hydrogens (tertiary/aromatic N) is 3. The van der Waals surface area contributed by atoms with Gasteiger partial charge in [-0.05, 0) is 30.5 Å². The highest BCUT2D eigenvalue weighted by molar-refractivity contribution is 9.10. The molecule has 0 aliphatic carbocycles. The number of hydrogen-bond donors (Lipinski definition) is 1. The number of benzene rings is 1. The monoisotopic (exact) mass is 478 g/mol. The van der Waals surface area contributed by atoms with Gasteiger partial charge in [0, 0.05) is 23.8 Å². The molecule has 1 aromatic heterocycles. The van der Waals surface area contributed by atoms with Crippen molar-refractivity contribution in [3.05, 3.63) is 51.9 Å². The van der Waals surface area contributed by atoms with Crippen LogP contribution in [0.3, 0.4) is 0 Å². The topological polar surface area (TPSA) is 99.7 Å². The summed E-state index contributed by atoms with van der Waals surface area (Å²) in [4.78, 5) is 25.6. The number of methoxy groups -OCH3 is 1. The second kappa shape index (κ2) is 9.69. The Kier molecular flexibility index (Phi) is 7.26. The Balaban J connectivity index is 1.73. The number of nitrogens with two attached hydrogens (primary N) is 1. The molecular formula is C20H23BrN4O3S. The number of carbonyl (C=O) groups excluding carboxylic acids is 1. The van der Waals surface area contributed by atoms with E-state index < -0.39 is 5.54 Å². The first-order chi connectivity index (χ1) is 13.9. The van der Waals surface area contributed by atoms with Crippen LogP contribution in [0.1, 0.15) is 35.0 Å². The number of amidine groups is 1. The number of Topliss-reactive ketones (excluding diaryl/α,β-unsaturated/α-hetero) is 1. The summed E-state index contributed by atoms with van der Waals surface area (Å²) >= 11 is 5.19. The zero-order chi connectivity index (χ0) is 20.9. The fraction of sp³-hybridized carbons (Fsp3) is 0.400. The molecule has 154 valence electrons. The maximum atomic E-state index is 12.7. The maximum absolute atomic E-state index is 12.7. The van der Waals surface area contributed by atoms with E-state index >= 15 is 0 Å². The molecule has 0 saturated heterocycles. The van der Waals surface area contributed by atoms with Crippen molar-refractivity contribution in [1.29, 1.82) is 0 Å². The Morgan fingerprint density at radius 2 is 2.14 bits per heavy atom. The first-order valence-corrected chi connectivity index (χ1v) is 10.9. The van der Waals surface area contributed by atoms with Gasteiger partial charge in [0.1, 0.15) is 12.3 Å². The zero-order valence-corrected chi connectivity index (χ0v) is 18.8. The minimum atomic E-state index is -0.409. The van der Waals surface area contributed by atoms with E-state index in [1.165, 1.54) is 12.4 Å². The third-order valence-corrected chi connectivity index (χ3v) is 6.11. The average Bonchev–Trinajstić information content (AvgIpc) is 2.70. The fourth-order valence-corrected chi connectivity index (χ4v) is 4.66. The summed E-state index contributed by atoms with van der Waals surface area (Å²) in [5.74, 6) is 1.17. The van der Waals surface area contributed by atoms with Gasteiger partial charge in [-0.15, -0.1) is 0 Å². The van der Waals surface area contributed by atoms with E-state index in [2.05, 4.69) is 37.8 Å². The predicted octanol–water partition coefficient (Wildman–Crippen LogP) is 3.36. The first kappa shape index (κ1) is 21.7. The number of aromatic nitrogens is 2. The fourth-order valence-electron chi connectivity index (χ4n) is 3.02. The zero-order valence-electron chi connectivity index (χ0n) is 16.4. The molecule has 0 amide bonds. The summed E-state index contributed by atoms with van der Waals surface area (Å²) in [6.07, 6.45) is 4.00. The van der Waals surface area contributed by atoms with Gasteiger partial charge in [0.15, 0.2) is 11.0 Å². The molecule has 1 aliphatic rings. The number of ketones is 1. The lowest BCUT2D eigenvalue weighted by molar-refractivity contribution is 0.0987. The summed E-state index contributed by atoms with van der Waals surface area (Å²) in [6.45, 7) is 2.91. The Hall–Kier alpha value is -1.97. The Morgan fingerprint density at radius 1 is 1.31 bits per heavy atom. The van der Waals surface area contributed by atoms with Gasteiger partial charge in [0.2, 0.25) is 5.88 Å². The molecule has 1 aliphatic heterocycles. The number of aliphatic imine (C=N–C) groups is 1. The minimum Gasteiger partial charge on any atom is -0.474 e. The van der Waals surface area contributed by atoms with Gasteiger partial charge < -0.3 is 15.2 Å². The van der Waals surface area contributed by atoms with Crippen molar-refractivity contribution in [2.45, 2.75) is 25.3 Å². The summed E-state index contributed by atoms with van der Waals surface area (Å²) in [6, 6.07) is 5.90. The van der Waals surface area contributed by atoms with Crippen LogP contribution in [0.25, 0.3) is 0 Å². The molecule has 9 heteroatoms. The lowest BCUT2D eigenvalue weighted by Gasteiger charge is -2.31. The molecule has 0 bridgehead atoms. The summed E-state index contributed by atoms with van der Waals surface area (Å²) in [5, 5.41) is 0.593. The molecular weight excluding hydrogens is 456 g/mol. The third kappa shape index (κ3) is 5.55. The highest BCUT2D eigenvalue weighted by Crippen LogP contribution is 2.39. The van der Waals surface area contributed by atoms with Crippen molar-refractivity contribution in [1.82, 2.24) is 9.97 Å². The second-order valence-corrected chi connectivity index (χ2v) is 8.79. The molecule has 2 heterocycles. The Labute approximate surface area is 182 Å². The third-order valence-electron chi connectivity index (χ3n) is 4.62. The van der Waals surface area contributed by atoms with E-state index in [0.717, 1.165) is 27.8 Å². The second-order valence-electron chi connectivity index (χ2n) is 6.82. The molecule has 1 unspecified atom stereocenters. The SMILES string of the molecule is COCCOc1cnc(C(=O)Cc2ccc(Br)c(C3(C)CCSC(N)=N3)c2)cn1. The standard InChI is InChI=1S/C20H23BrN4O3S/c1-20(5-8-29-19(22)25-20)14-9-13(3-4-15(14)21)10-17(26)16-11-24-18(12-23-16)28-7-6-27-2/h3-4,9,11-12H,5-8,10H2,1-2H3,(H2,22,25). The van der Waals surface area contributed by atoms with Gasteiger partial charge in [-0.1, -0.05) is 39.8 Å². The minimum absolute atomic E-state index is 0.110. The van der Waals surface area contributed by atoms with Crippen LogP contribution in [0.2, 0.25) is 0 Å². The largest absolute Gasteiger partial charge is 0.474 e. The average molecular weight is 479 g/mol. The van der Waals surface area contributed by atoms with E-state index in [0.29, 0.717) is 30.0 Å². The maximum Gasteiger partial charge on any atom is 0.232 e. The van der Waals surface area contributed by atoms with Crippen molar-refractivity contribution in [2.24, 2.45) is 10.7 Å². The molecule has 2 N–H and O–H groups in total. The highest BCUT2D eigenvalue weighted by atomic mass is 79.9. The lowest BCUT2D eigenvalue weighted by Crippen LogP contribution is -2.29. The molecule has 0 fully saturated rings. The molecule has 7 nitrogen and oxygen atoms in total. The van der Waals surface area contributed by atoms with Gasteiger partial charge in [0.25, 0.3) is 0 Å². The van der Waals surface area contributed by atoms with Crippen LogP contribution in [-0.2, 0) is 16.7 Å². The van der Waals surface area contributed by atoms with Gasteiger partial charge in [0.05, 0.1) is 24.5 Å². The number of rotatable bonds is 8. The molecule has 0 radical (unpaired) electrons. The summed E-state index contributed by atoms with van der Waals surface area (Å²) in [7, 11) is 1.60. The number of ether oxygens (including phenoxy) is 2. The normalized spacial score (nSPS) is 18.9. The molecule has 0 saturated carbocycles. The molecule has 1 atom stereocenters.